The Balaban J connectivity index is 1.40. The SMILES string of the molecule is Cc1nc(N2CCC3N=c4ccc(CN5CCN(C)CC5)cc4=C3C2)ncc1C(=O)O. The van der Waals surface area contributed by atoms with Gasteiger partial charge < -0.3 is 14.9 Å². The van der Waals surface area contributed by atoms with Crippen LogP contribution in [0.25, 0.3) is 5.57 Å². The van der Waals surface area contributed by atoms with Crippen molar-refractivity contribution in [3.8, 4) is 0 Å². The van der Waals surface area contributed by atoms with Crippen molar-refractivity contribution in [3.05, 3.63) is 51.8 Å². The Morgan fingerprint density at radius 3 is 2.74 bits per heavy atom. The number of carboxylic acid groups (broad SMARTS) is 1. The van der Waals surface area contributed by atoms with E-state index in [2.05, 4.69) is 49.9 Å². The van der Waals surface area contributed by atoms with Crippen LogP contribution in [0.2, 0.25) is 0 Å². The standard InChI is InChI=1S/C23H28N6O2/c1-15-18(22(30)31)12-24-23(25-15)29-6-5-21-19(14-29)17-11-16(3-4-20(17)26-21)13-28-9-7-27(2)8-10-28/h3-4,11-12,21H,5-10,13-14H2,1-2H3,(H,30,31). The van der Waals surface area contributed by atoms with Gasteiger partial charge in [-0.15, -0.1) is 0 Å². The summed E-state index contributed by atoms with van der Waals surface area (Å²) >= 11 is 0. The van der Waals surface area contributed by atoms with Crippen molar-refractivity contribution in [1.29, 1.82) is 0 Å². The number of anilines is 1. The molecule has 0 spiro atoms. The first-order valence-corrected chi connectivity index (χ1v) is 10.9. The summed E-state index contributed by atoms with van der Waals surface area (Å²) in [5.41, 5.74) is 3.31. The Kier molecular flexibility index (Phi) is 5.19. The Morgan fingerprint density at radius 1 is 1.19 bits per heavy atom. The minimum absolute atomic E-state index is 0.154. The van der Waals surface area contributed by atoms with Crippen LogP contribution in [-0.2, 0) is 6.54 Å². The van der Waals surface area contributed by atoms with Crippen LogP contribution in [0.1, 0.15) is 28.0 Å². The quantitative estimate of drug-likeness (QED) is 0.761. The van der Waals surface area contributed by atoms with Crippen molar-refractivity contribution in [2.45, 2.75) is 25.9 Å². The Labute approximate surface area is 181 Å². The molecule has 3 aliphatic heterocycles. The third kappa shape index (κ3) is 3.93. The van der Waals surface area contributed by atoms with Crippen molar-refractivity contribution >= 4 is 17.5 Å². The van der Waals surface area contributed by atoms with Crippen LogP contribution in [-0.4, -0.2) is 83.2 Å². The summed E-state index contributed by atoms with van der Waals surface area (Å²) in [6, 6.07) is 6.92. The number of hydrogen-bond donors (Lipinski definition) is 1. The first-order chi connectivity index (χ1) is 15.0. The van der Waals surface area contributed by atoms with Crippen molar-refractivity contribution in [3.63, 3.8) is 0 Å². The predicted molar refractivity (Wildman–Crippen MR) is 118 cm³/mol. The van der Waals surface area contributed by atoms with Gasteiger partial charge in [-0.25, -0.2) is 14.8 Å². The number of rotatable bonds is 4. The van der Waals surface area contributed by atoms with Crippen LogP contribution >= 0.6 is 0 Å². The molecule has 2 saturated heterocycles. The number of hydrogen-bond acceptors (Lipinski definition) is 7. The molecule has 2 aromatic rings. The Hall–Kier alpha value is -2.84. The molecule has 0 radical (unpaired) electrons. The van der Waals surface area contributed by atoms with Gasteiger partial charge in [0.25, 0.3) is 0 Å². The lowest BCUT2D eigenvalue weighted by molar-refractivity contribution is 0.0695. The zero-order valence-electron chi connectivity index (χ0n) is 18.1. The van der Waals surface area contributed by atoms with Gasteiger partial charge in [-0.1, -0.05) is 6.07 Å². The minimum Gasteiger partial charge on any atom is -0.478 e. The molecule has 0 aliphatic carbocycles. The van der Waals surface area contributed by atoms with Gasteiger partial charge >= 0.3 is 5.97 Å². The fourth-order valence-corrected chi connectivity index (χ4v) is 4.72. The molecule has 1 N–H and O–H groups in total. The Morgan fingerprint density at radius 2 is 2.00 bits per heavy atom. The number of aryl methyl sites for hydroxylation is 1. The molecule has 8 nitrogen and oxygen atoms in total. The number of nitrogens with zero attached hydrogens (tertiary/aromatic N) is 6. The minimum atomic E-state index is -0.992. The fraction of sp³-hybridized carbons (Fsp3) is 0.478. The van der Waals surface area contributed by atoms with E-state index in [0.29, 0.717) is 11.6 Å². The number of carbonyl (C=O) groups is 1. The zero-order chi connectivity index (χ0) is 21.5. The number of fused-ring (bicyclic) bond motifs is 2. The summed E-state index contributed by atoms with van der Waals surface area (Å²) in [5, 5.41) is 11.6. The van der Waals surface area contributed by atoms with E-state index in [4.69, 9.17) is 4.99 Å². The van der Waals surface area contributed by atoms with E-state index < -0.39 is 5.97 Å². The molecule has 31 heavy (non-hydrogen) atoms. The maximum atomic E-state index is 11.3. The number of carboxylic acids is 1. The van der Waals surface area contributed by atoms with Crippen molar-refractivity contribution < 1.29 is 9.90 Å². The second-order valence-electron chi connectivity index (χ2n) is 8.79. The first-order valence-electron chi connectivity index (χ1n) is 10.9. The summed E-state index contributed by atoms with van der Waals surface area (Å²) in [7, 11) is 2.18. The van der Waals surface area contributed by atoms with Crippen molar-refractivity contribution in [1.82, 2.24) is 19.8 Å². The molecule has 4 heterocycles. The highest BCUT2D eigenvalue weighted by Gasteiger charge is 2.29. The normalized spacial score (nSPS) is 21.5. The lowest BCUT2D eigenvalue weighted by Gasteiger charge is -2.32. The third-order valence-electron chi connectivity index (χ3n) is 6.62. The molecular formula is C23H28N6O2. The van der Waals surface area contributed by atoms with Crippen LogP contribution < -0.4 is 15.5 Å². The lowest BCUT2D eigenvalue weighted by atomic mass is 9.98. The van der Waals surface area contributed by atoms with E-state index in [0.717, 1.165) is 57.6 Å². The van der Waals surface area contributed by atoms with Crippen LogP contribution in [0, 0.1) is 6.92 Å². The van der Waals surface area contributed by atoms with Crippen LogP contribution in [0.15, 0.2) is 29.4 Å². The molecule has 1 unspecified atom stereocenters. The number of piperazine rings is 1. The van der Waals surface area contributed by atoms with E-state index in [1.807, 2.05) is 0 Å². The van der Waals surface area contributed by atoms with Gasteiger partial charge in [0.15, 0.2) is 0 Å². The highest BCUT2D eigenvalue weighted by atomic mass is 16.4. The number of aromatic nitrogens is 2. The predicted octanol–water partition coefficient (Wildman–Crippen LogP) is 0.293. The monoisotopic (exact) mass is 420 g/mol. The largest absolute Gasteiger partial charge is 0.478 e. The maximum absolute atomic E-state index is 11.3. The van der Waals surface area contributed by atoms with Gasteiger partial charge in [0.05, 0.1) is 22.7 Å². The molecule has 5 rings (SSSR count). The molecule has 1 atom stereocenters. The van der Waals surface area contributed by atoms with Gasteiger partial charge in [0.2, 0.25) is 5.95 Å². The van der Waals surface area contributed by atoms with Gasteiger partial charge in [-0.2, -0.15) is 0 Å². The highest BCUT2D eigenvalue weighted by Crippen LogP contribution is 2.24. The van der Waals surface area contributed by atoms with Gasteiger partial charge in [-0.3, -0.25) is 9.89 Å². The van der Waals surface area contributed by atoms with Crippen LogP contribution in [0.4, 0.5) is 5.95 Å². The second-order valence-corrected chi connectivity index (χ2v) is 8.79. The van der Waals surface area contributed by atoms with E-state index in [-0.39, 0.29) is 11.6 Å². The summed E-state index contributed by atoms with van der Waals surface area (Å²) in [6.07, 6.45) is 2.33. The lowest BCUT2D eigenvalue weighted by Crippen LogP contribution is -2.44. The van der Waals surface area contributed by atoms with E-state index >= 15 is 0 Å². The number of benzene rings is 1. The summed E-state index contributed by atoms with van der Waals surface area (Å²) in [5.74, 6) is -0.399. The molecule has 0 amide bonds. The molecular weight excluding hydrogens is 392 g/mol. The van der Waals surface area contributed by atoms with Gasteiger partial charge in [-0.05, 0) is 43.7 Å². The highest BCUT2D eigenvalue weighted by molar-refractivity contribution is 5.88. The number of aromatic carboxylic acids is 1. The topological polar surface area (TPSA) is 85.2 Å². The molecule has 0 bridgehead atoms. The van der Waals surface area contributed by atoms with E-state index in [9.17, 15) is 9.90 Å². The van der Waals surface area contributed by atoms with E-state index in [1.54, 1.807) is 6.92 Å². The van der Waals surface area contributed by atoms with Crippen molar-refractivity contribution in [2.75, 3.05) is 51.2 Å². The average Bonchev–Trinajstić information content (AvgIpc) is 3.12. The molecule has 1 aromatic carbocycles. The third-order valence-corrected chi connectivity index (χ3v) is 6.62. The van der Waals surface area contributed by atoms with Gasteiger partial charge in [0.1, 0.15) is 0 Å². The van der Waals surface area contributed by atoms with Crippen LogP contribution in [0.3, 0.4) is 0 Å². The molecule has 3 aliphatic rings. The first kappa shape index (κ1) is 20.1. The molecule has 162 valence electrons. The van der Waals surface area contributed by atoms with Gasteiger partial charge in [0, 0.05) is 57.2 Å². The van der Waals surface area contributed by atoms with Crippen molar-refractivity contribution in [2.24, 2.45) is 4.99 Å². The molecule has 0 saturated carbocycles. The number of piperidine rings is 1. The summed E-state index contributed by atoms with van der Waals surface area (Å²) in [6.45, 7) is 8.68. The fourth-order valence-electron chi connectivity index (χ4n) is 4.72. The maximum Gasteiger partial charge on any atom is 0.339 e. The summed E-state index contributed by atoms with van der Waals surface area (Å²) in [4.78, 5) is 32.1. The second kappa shape index (κ2) is 8.01. The average molecular weight is 421 g/mol. The molecule has 1 aromatic heterocycles. The van der Waals surface area contributed by atoms with Crippen LogP contribution in [0.5, 0.6) is 0 Å². The Bertz CT molecular complexity index is 1140. The molecule has 2 fully saturated rings. The summed E-state index contributed by atoms with van der Waals surface area (Å²) < 4.78 is 0. The smallest absolute Gasteiger partial charge is 0.339 e. The number of likely N-dealkylation sites (N-methyl/N-ethyl adjacent to an activating group) is 1. The van der Waals surface area contributed by atoms with E-state index in [1.165, 1.54) is 22.6 Å². The zero-order valence-corrected chi connectivity index (χ0v) is 18.1. The molecule has 8 heteroatoms.